The summed E-state index contributed by atoms with van der Waals surface area (Å²) in [5, 5.41) is 0. The summed E-state index contributed by atoms with van der Waals surface area (Å²) in [6.45, 7) is 0.659. The Labute approximate surface area is 191 Å². The van der Waals surface area contributed by atoms with Crippen LogP contribution in [-0.4, -0.2) is 28.6 Å². The largest absolute Gasteiger partial charge is 0.378 e. The number of benzene rings is 3. The van der Waals surface area contributed by atoms with Crippen LogP contribution in [0, 0.1) is 11.6 Å². The first-order chi connectivity index (χ1) is 16.0. The van der Waals surface area contributed by atoms with Crippen molar-refractivity contribution in [3.05, 3.63) is 102 Å². The van der Waals surface area contributed by atoms with Crippen LogP contribution in [0.4, 0.5) is 14.5 Å². The van der Waals surface area contributed by atoms with Crippen molar-refractivity contribution in [1.82, 2.24) is 14.5 Å². The molecule has 0 aromatic heterocycles. The number of fused-ring (bicyclic) bond motifs is 1. The maximum Gasteiger partial charge on any atom is 0.169 e. The maximum atomic E-state index is 14.1. The summed E-state index contributed by atoms with van der Waals surface area (Å²) in [5.74, 6) is -1.66. The summed E-state index contributed by atoms with van der Waals surface area (Å²) in [4.78, 5) is 10.9. The Balaban J connectivity index is 1.36. The van der Waals surface area contributed by atoms with E-state index in [4.69, 9.17) is 0 Å². The number of pyridine rings is 1. The van der Waals surface area contributed by atoms with Crippen LogP contribution in [0.1, 0.15) is 5.56 Å². The summed E-state index contributed by atoms with van der Waals surface area (Å²) in [7, 11) is 4.06. The molecule has 3 aromatic carbocycles. The van der Waals surface area contributed by atoms with Crippen LogP contribution in [0.25, 0.3) is 33.9 Å². The van der Waals surface area contributed by atoms with Crippen molar-refractivity contribution in [2.24, 2.45) is 0 Å². The van der Waals surface area contributed by atoms with Crippen molar-refractivity contribution in [3.8, 4) is 33.9 Å². The number of hydrogen-bond donors (Lipinski definition) is 0. The Bertz CT molecular complexity index is 1370. The molecule has 0 bridgehead atoms. The van der Waals surface area contributed by atoms with Gasteiger partial charge in [-0.25, -0.2) is 18.7 Å². The molecule has 0 amide bonds. The molecule has 6 heteroatoms. The lowest BCUT2D eigenvalue weighted by molar-refractivity contribution is 0.510. The molecule has 0 saturated heterocycles. The molecule has 0 N–H and O–H groups in total. The molecule has 4 nitrogen and oxygen atoms in total. The Morgan fingerprint density at radius 2 is 1.45 bits per heavy atom. The fraction of sp³-hybridized carbons (Fsp3) is 0.111. The Morgan fingerprint density at radius 1 is 0.788 bits per heavy atom. The third kappa shape index (κ3) is 4.20. The van der Waals surface area contributed by atoms with Crippen molar-refractivity contribution in [1.29, 1.82) is 0 Å². The SMILES string of the molecule is CN(C)c1ccc(-c2ccc(Cn3ccc4nc(-c5cccc(F)c5F)nc-4c3)cc2)cc1. The molecule has 0 unspecified atom stereocenters. The van der Waals surface area contributed by atoms with Crippen LogP contribution in [-0.2, 0) is 6.54 Å². The van der Waals surface area contributed by atoms with Crippen molar-refractivity contribution < 1.29 is 8.78 Å². The van der Waals surface area contributed by atoms with Crippen molar-refractivity contribution in [3.63, 3.8) is 0 Å². The molecule has 2 aliphatic rings. The molecule has 2 heterocycles. The second-order valence-electron chi connectivity index (χ2n) is 8.17. The number of anilines is 1. The summed E-state index contributed by atoms with van der Waals surface area (Å²) >= 11 is 0. The molecular formula is C27H22F2N4. The molecule has 0 fully saturated rings. The number of imidazole rings is 1. The zero-order chi connectivity index (χ0) is 22.9. The van der Waals surface area contributed by atoms with E-state index < -0.39 is 11.6 Å². The average Bonchev–Trinajstić information content (AvgIpc) is 3.24. The first kappa shape index (κ1) is 20.8. The van der Waals surface area contributed by atoms with Gasteiger partial charge in [0, 0.05) is 38.7 Å². The van der Waals surface area contributed by atoms with Gasteiger partial charge in [0.2, 0.25) is 0 Å². The lowest BCUT2D eigenvalue weighted by Gasteiger charge is -2.13. The van der Waals surface area contributed by atoms with E-state index in [1.807, 2.05) is 37.1 Å². The third-order valence-electron chi connectivity index (χ3n) is 5.66. The quantitative estimate of drug-likeness (QED) is 0.331. The second-order valence-corrected chi connectivity index (χ2v) is 8.17. The highest BCUT2D eigenvalue weighted by atomic mass is 19.2. The van der Waals surface area contributed by atoms with Crippen molar-refractivity contribution in [2.45, 2.75) is 6.54 Å². The molecule has 3 aromatic rings. The molecule has 0 spiro atoms. The molecule has 2 aliphatic heterocycles. The van der Waals surface area contributed by atoms with E-state index >= 15 is 0 Å². The highest BCUT2D eigenvalue weighted by molar-refractivity contribution is 5.67. The van der Waals surface area contributed by atoms with E-state index in [9.17, 15) is 8.78 Å². The smallest absolute Gasteiger partial charge is 0.169 e. The topological polar surface area (TPSA) is 34.0 Å². The van der Waals surface area contributed by atoms with Crippen LogP contribution in [0.2, 0.25) is 0 Å². The van der Waals surface area contributed by atoms with Gasteiger partial charge in [-0.15, -0.1) is 0 Å². The highest BCUT2D eigenvalue weighted by Gasteiger charge is 2.17. The van der Waals surface area contributed by atoms with E-state index in [0.717, 1.165) is 17.2 Å². The summed E-state index contributed by atoms with van der Waals surface area (Å²) in [6.07, 6.45) is 3.79. The third-order valence-corrected chi connectivity index (χ3v) is 5.66. The minimum Gasteiger partial charge on any atom is -0.378 e. The van der Waals surface area contributed by atoms with Crippen LogP contribution in [0.5, 0.6) is 0 Å². The average molecular weight is 440 g/mol. The normalized spacial score (nSPS) is 11.2. The molecule has 0 aliphatic carbocycles. The van der Waals surface area contributed by atoms with E-state index in [1.165, 1.54) is 23.4 Å². The van der Waals surface area contributed by atoms with Gasteiger partial charge in [0.1, 0.15) is 5.69 Å². The number of aromatic nitrogens is 3. The van der Waals surface area contributed by atoms with E-state index in [0.29, 0.717) is 17.9 Å². The summed E-state index contributed by atoms with van der Waals surface area (Å²) in [5.41, 5.74) is 5.98. The Kier molecular flexibility index (Phi) is 5.34. The first-order valence-electron chi connectivity index (χ1n) is 10.6. The van der Waals surface area contributed by atoms with E-state index in [2.05, 4.69) is 63.4 Å². The van der Waals surface area contributed by atoms with Crippen molar-refractivity contribution in [2.75, 3.05) is 19.0 Å². The van der Waals surface area contributed by atoms with Gasteiger partial charge >= 0.3 is 0 Å². The van der Waals surface area contributed by atoms with Crippen molar-refractivity contribution >= 4 is 5.69 Å². The number of halogens is 2. The van der Waals surface area contributed by atoms with E-state index in [-0.39, 0.29) is 11.4 Å². The summed E-state index contributed by atoms with van der Waals surface area (Å²) < 4.78 is 29.7. The van der Waals surface area contributed by atoms with Gasteiger partial charge in [0.05, 0.1) is 11.3 Å². The van der Waals surface area contributed by atoms with Crippen LogP contribution < -0.4 is 4.90 Å². The maximum absolute atomic E-state index is 14.1. The predicted octanol–water partition coefficient (Wildman–Crippen LogP) is 6.11. The van der Waals surface area contributed by atoms with Gasteiger partial charge in [-0.2, -0.15) is 0 Å². The Hall–Kier alpha value is -4.06. The standard InChI is InChI=1S/C27H22F2N4/c1-32(2)21-12-10-20(11-13-21)19-8-6-18(7-9-19)16-33-15-14-24-25(17-33)31-27(30-24)22-4-3-5-23(28)26(22)29/h3-15,17H,16H2,1-2H3. The van der Waals surface area contributed by atoms with Crippen LogP contribution in [0.3, 0.4) is 0 Å². The first-order valence-corrected chi connectivity index (χ1v) is 10.6. The van der Waals surface area contributed by atoms with Gasteiger partial charge in [-0.1, -0.05) is 42.5 Å². The number of hydrogen-bond acceptors (Lipinski definition) is 3. The zero-order valence-electron chi connectivity index (χ0n) is 18.3. The van der Waals surface area contributed by atoms with Crippen LogP contribution >= 0.6 is 0 Å². The van der Waals surface area contributed by atoms with Gasteiger partial charge in [0.25, 0.3) is 0 Å². The van der Waals surface area contributed by atoms with Gasteiger partial charge in [-0.05, 0) is 47.0 Å². The minimum atomic E-state index is -0.933. The zero-order valence-corrected chi connectivity index (χ0v) is 18.3. The number of nitrogens with zero attached hydrogens (tertiary/aromatic N) is 4. The molecule has 0 atom stereocenters. The fourth-order valence-corrected chi connectivity index (χ4v) is 3.81. The monoisotopic (exact) mass is 440 g/mol. The van der Waals surface area contributed by atoms with Crippen LogP contribution in [0.15, 0.2) is 85.2 Å². The molecule has 0 radical (unpaired) electrons. The van der Waals surface area contributed by atoms with E-state index in [1.54, 1.807) is 0 Å². The molecule has 0 saturated carbocycles. The molecule has 5 rings (SSSR count). The molecular weight excluding hydrogens is 418 g/mol. The lowest BCUT2D eigenvalue weighted by Crippen LogP contribution is -2.07. The molecule has 164 valence electrons. The lowest BCUT2D eigenvalue weighted by atomic mass is 10.0. The highest BCUT2D eigenvalue weighted by Crippen LogP contribution is 2.28. The van der Waals surface area contributed by atoms with Gasteiger partial charge in [0.15, 0.2) is 17.5 Å². The van der Waals surface area contributed by atoms with Gasteiger partial charge in [-0.3, -0.25) is 0 Å². The second kappa shape index (κ2) is 8.47. The molecule has 33 heavy (non-hydrogen) atoms. The number of rotatable bonds is 5. The summed E-state index contributed by atoms with van der Waals surface area (Å²) in [6, 6.07) is 22.8. The fourth-order valence-electron chi connectivity index (χ4n) is 3.81. The van der Waals surface area contributed by atoms with Gasteiger partial charge < -0.3 is 9.47 Å². The predicted molar refractivity (Wildman–Crippen MR) is 127 cm³/mol. The minimum absolute atomic E-state index is 0.0620. The Morgan fingerprint density at radius 3 is 2.15 bits per heavy atom.